The quantitative estimate of drug-likeness (QED) is 0.577. The lowest BCUT2D eigenvalue weighted by molar-refractivity contribution is -0.134. The standard InChI is InChI=1S/C26H42BN5O5/c1-17(30-23(34)35-24(2,3)4)21(33)31-13-9-10-20(16-31)32(19-11-12-19)22-28-14-18(15-29-22)27-36-25(5,6)26(7,8)37-27/h14-15,17,19-20H,9-13,16H2,1-8H3,(H,30,34)/t17-,20+/m0/s1. The Morgan fingerprint density at radius 1 is 1.11 bits per heavy atom. The van der Waals surface area contributed by atoms with Gasteiger partial charge in [-0.25, -0.2) is 14.8 Å². The maximum absolute atomic E-state index is 13.2. The van der Waals surface area contributed by atoms with Crippen molar-refractivity contribution >= 4 is 30.5 Å². The molecule has 3 aliphatic rings. The molecule has 4 rings (SSSR count). The minimum absolute atomic E-state index is 0.108. The van der Waals surface area contributed by atoms with Crippen LogP contribution in [0.4, 0.5) is 10.7 Å². The van der Waals surface area contributed by atoms with E-state index in [9.17, 15) is 9.59 Å². The number of piperidine rings is 1. The molecule has 0 spiro atoms. The summed E-state index contributed by atoms with van der Waals surface area (Å²) < 4.78 is 17.6. The maximum atomic E-state index is 13.2. The Bertz CT molecular complexity index is 976. The molecule has 1 saturated carbocycles. The van der Waals surface area contributed by atoms with E-state index in [0.29, 0.717) is 25.1 Å². The van der Waals surface area contributed by atoms with Gasteiger partial charge in [-0.3, -0.25) is 4.79 Å². The van der Waals surface area contributed by atoms with Crippen LogP contribution in [0.25, 0.3) is 0 Å². The molecule has 10 nitrogen and oxygen atoms in total. The molecule has 11 heteroatoms. The van der Waals surface area contributed by atoms with Crippen LogP contribution in [0, 0.1) is 0 Å². The average Bonchev–Trinajstić information content (AvgIpc) is 3.59. The number of likely N-dealkylation sites (tertiary alicyclic amines) is 1. The number of ether oxygens (including phenoxy) is 1. The highest BCUT2D eigenvalue weighted by atomic mass is 16.7. The minimum Gasteiger partial charge on any atom is -0.444 e. The third-order valence-corrected chi connectivity index (χ3v) is 7.56. The van der Waals surface area contributed by atoms with Crippen molar-refractivity contribution in [1.29, 1.82) is 0 Å². The van der Waals surface area contributed by atoms with E-state index in [1.54, 1.807) is 40.1 Å². The fourth-order valence-corrected chi connectivity index (χ4v) is 4.74. The first-order valence-corrected chi connectivity index (χ1v) is 13.4. The SMILES string of the molecule is C[C@H](NC(=O)OC(C)(C)C)C(=O)N1CCC[C@@H](N(c2ncc(B3OC(C)(C)C(C)(C)O3)cn2)C2CC2)C1. The molecule has 37 heavy (non-hydrogen) atoms. The maximum Gasteiger partial charge on any atom is 0.498 e. The Balaban J connectivity index is 1.41. The van der Waals surface area contributed by atoms with Gasteiger partial charge in [-0.2, -0.15) is 0 Å². The van der Waals surface area contributed by atoms with Crippen LogP contribution in [0.15, 0.2) is 12.4 Å². The molecule has 2 atom stereocenters. The van der Waals surface area contributed by atoms with Crippen LogP contribution in [0.5, 0.6) is 0 Å². The van der Waals surface area contributed by atoms with Gasteiger partial charge < -0.3 is 29.2 Å². The highest BCUT2D eigenvalue weighted by Crippen LogP contribution is 2.37. The van der Waals surface area contributed by atoms with Crippen molar-refractivity contribution < 1.29 is 23.6 Å². The third-order valence-electron chi connectivity index (χ3n) is 7.56. The third kappa shape index (κ3) is 6.37. The van der Waals surface area contributed by atoms with E-state index >= 15 is 0 Å². The van der Waals surface area contributed by atoms with Crippen molar-refractivity contribution in [1.82, 2.24) is 20.2 Å². The molecule has 1 aromatic rings. The van der Waals surface area contributed by atoms with Gasteiger partial charge in [-0.1, -0.05) is 0 Å². The zero-order valence-corrected chi connectivity index (χ0v) is 23.5. The average molecular weight is 515 g/mol. The highest BCUT2D eigenvalue weighted by molar-refractivity contribution is 6.61. The Kier molecular flexibility index (Phi) is 7.51. The second-order valence-corrected chi connectivity index (χ2v) is 12.5. The van der Waals surface area contributed by atoms with E-state index < -0.39 is 36.1 Å². The summed E-state index contributed by atoms with van der Waals surface area (Å²) in [5, 5.41) is 2.67. The molecule has 3 fully saturated rings. The molecule has 1 aliphatic carbocycles. The molecule has 0 bridgehead atoms. The summed E-state index contributed by atoms with van der Waals surface area (Å²) in [6.45, 7) is 16.4. The Labute approximate surface area is 221 Å². The van der Waals surface area contributed by atoms with Crippen LogP contribution >= 0.6 is 0 Å². The van der Waals surface area contributed by atoms with Gasteiger partial charge in [-0.15, -0.1) is 0 Å². The molecular formula is C26H42BN5O5. The predicted molar refractivity (Wildman–Crippen MR) is 142 cm³/mol. The molecule has 0 radical (unpaired) electrons. The van der Waals surface area contributed by atoms with Crippen LogP contribution in [-0.4, -0.2) is 82.0 Å². The smallest absolute Gasteiger partial charge is 0.444 e. The summed E-state index contributed by atoms with van der Waals surface area (Å²) in [4.78, 5) is 38.9. The topological polar surface area (TPSA) is 106 Å². The number of rotatable bonds is 6. The van der Waals surface area contributed by atoms with Crippen molar-refractivity contribution in [2.45, 2.75) is 116 Å². The first-order chi connectivity index (χ1) is 17.2. The molecule has 1 N–H and O–H groups in total. The van der Waals surface area contributed by atoms with Crippen LogP contribution in [0.2, 0.25) is 0 Å². The van der Waals surface area contributed by atoms with Gasteiger partial charge in [-0.05, 0) is 81.1 Å². The molecule has 1 aromatic heterocycles. The summed E-state index contributed by atoms with van der Waals surface area (Å²) >= 11 is 0. The Morgan fingerprint density at radius 3 is 2.24 bits per heavy atom. The van der Waals surface area contributed by atoms with Gasteiger partial charge in [0, 0.05) is 43.0 Å². The number of carbonyl (C=O) groups excluding carboxylic acids is 2. The number of hydrogen-bond donors (Lipinski definition) is 1. The minimum atomic E-state index is -0.668. The van der Waals surface area contributed by atoms with Gasteiger partial charge in [0.15, 0.2) is 0 Å². The number of anilines is 1. The second-order valence-electron chi connectivity index (χ2n) is 12.5. The fourth-order valence-electron chi connectivity index (χ4n) is 4.74. The molecule has 0 unspecified atom stereocenters. The summed E-state index contributed by atoms with van der Waals surface area (Å²) in [5.74, 6) is 0.560. The van der Waals surface area contributed by atoms with Gasteiger partial charge >= 0.3 is 13.2 Å². The monoisotopic (exact) mass is 515 g/mol. The Hall–Kier alpha value is -2.40. The highest BCUT2D eigenvalue weighted by Gasteiger charge is 2.52. The van der Waals surface area contributed by atoms with Crippen LogP contribution in [-0.2, 0) is 18.8 Å². The van der Waals surface area contributed by atoms with E-state index in [-0.39, 0.29) is 11.9 Å². The number of nitrogens with one attached hydrogen (secondary N) is 1. The van der Waals surface area contributed by atoms with Crippen molar-refractivity contribution in [3.8, 4) is 0 Å². The van der Waals surface area contributed by atoms with E-state index in [2.05, 4.69) is 10.2 Å². The summed E-state index contributed by atoms with van der Waals surface area (Å²) in [5.41, 5.74) is -0.680. The van der Waals surface area contributed by atoms with Crippen LogP contribution < -0.4 is 15.7 Å². The van der Waals surface area contributed by atoms with E-state index in [0.717, 1.165) is 31.1 Å². The molecule has 2 aliphatic heterocycles. The Morgan fingerprint density at radius 2 is 1.70 bits per heavy atom. The number of carbonyl (C=O) groups is 2. The molecule has 204 valence electrons. The molecule has 3 heterocycles. The number of hydrogen-bond acceptors (Lipinski definition) is 8. The predicted octanol–water partition coefficient (Wildman–Crippen LogP) is 2.65. The molecule has 2 amide bonds. The lowest BCUT2D eigenvalue weighted by Crippen LogP contribution is -2.55. The van der Waals surface area contributed by atoms with Crippen molar-refractivity contribution in [3.05, 3.63) is 12.4 Å². The van der Waals surface area contributed by atoms with Gasteiger partial charge in [0.1, 0.15) is 11.6 Å². The zero-order chi connectivity index (χ0) is 27.2. The first kappa shape index (κ1) is 27.6. The van der Waals surface area contributed by atoms with Crippen molar-refractivity contribution in [2.24, 2.45) is 0 Å². The van der Waals surface area contributed by atoms with E-state index in [1.165, 1.54) is 0 Å². The van der Waals surface area contributed by atoms with E-state index in [1.807, 2.05) is 32.6 Å². The molecule has 2 saturated heterocycles. The number of amides is 2. The number of alkyl carbamates (subject to hydrolysis) is 1. The summed E-state index contributed by atoms with van der Waals surface area (Å²) in [7, 11) is -0.504. The lowest BCUT2D eigenvalue weighted by Gasteiger charge is -2.40. The second kappa shape index (κ2) is 10.1. The first-order valence-electron chi connectivity index (χ1n) is 13.4. The number of nitrogens with zero attached hydrogens (tertiary/aromatic N) is 4. The number of aromatic nitrogens is 2. The summed E-state index contributed by atoms with van der Waals surface area (Å²) in [6, 6.07) is -0.180. The van der Waals surface area contributed by atoms with Crippen molar-refractivity contribution in [3.63, 3.8) is 0 Å². The normalized spacial score (nSPS) is 23.9. The molecular weight excluding hydrogens is 473 g/mol. The molecule has 0 aromatic carbocycles. The van der Waals surface area contributed by atoms with Gasteiger partial charge in [0.05, 0.1) is 11.2 Å². The van der Waals surface area contributed by atoms with E-state index in [4.69, 9.17) is 24.0 Å². The zero-order valence-electron chi connectivity index (χ0n) is 23.5. The lowest BCUT2D eigenvalue weighted by atomic mass is 9.81. The van der Waals surface area contributed by atoms with Gasteiger partial charge in [0.25, 0.3) is 0 Å². The van der Waals surface area contributed by atoms with Crippen LogP contribution in [0.3, 0.4) is 0 Å². The summed E-state index contributed by atoms with van der Waals surface area (Å²) in [6.07, 6.45) is 7.00. The van der Waals surface area contributed by atoms with Gasteiger partial charge in [0.2, 0.25) is 11.9 Å². The fraction of sp³-hybridized carbons (Fsp3) is 0.769. The van der Waals surface area contributed by atoms with Crippen LogP contribution in [0.1, 0.15) is 81.1 Å². The van der Waals surface area contributed by atoms with Crippen molar-refractivity contribution in [2.75, 3.05) is 18.0 Å². The largest absolute Gasteiger partial charge is 0.498 e.